The van der Waals surface area contributed by atoms with E-state index in [-0.39, 0.29) is 22.7 Å². The van der Waals surface area contributed by atoms with Crippen LogP contribution < -0.4 is 5.73 Å². The molecule has 34 heavy (non-hydrogen) atoms. The van der Waals surface area contributed by atoms with Crippen LogP contribution in [0.3, 0.4) is 0 Å². The van der Waals surface area contributed by atoms with E-state index in [1.807, 2.05) is 56.4 Å². The quantitative estimate of drug-likeness (QED) is 0.456. The molecule has 5 rings (SSSR count). The molecule has 2 N–H and O–H groups in total. The number of fused-ring (bicyclic) bond motifs is 1. The number of hydrogen-bond acceptors (Lipinski definition) is 4. The summed E-state index contributed by atoms with van der Waals surface area (Å²) in [5.74, 6) is 0.0490. The van der Waals surface area contributed by atoms with Crippen molar-refractivity contribution in [2.24, 2.45) is 11.1 Å². The van der Waals surface area contributed by atoms with Crippen LogP contribution in [0, 0.1) is 16.7 Å². The number of rotatable bonds is 3. The molecule has 0 bridgehead atoms. The van der Waals surface area contributed by atoms with E-state index in [1.54, 1.807) is 6.07 Å². The molecule has 0 saturated carbocycles. The van der Waals surface area contributed by atoms with Crippen molar-refractivity contribution in [3.8, 4) is 6.07 Å². The molecule has 3 aromatic rings. The summed E-state index contributed by atoms with van der Waals surface area (Å²) >= 11 is 12.5. The zero-order chi connectivity index (χ0) is 24.2. The maximum atomic E-state index is 13.4. The number of carbonyl (C=O) groups is 1. The second-order valence-corrected chi connectivity index (χ2v) is 10.5. The Labute approximate surface area is 208 Å². The summed E-state index contributed by atoms with van der Waals surface area (Å²) in [6.07, 6.45) is 2.97. The summed E-state index contributed by atoms with van der Waals surface area (Å²) in [6, 6.07) is 15.6. The van der Waals surface area contributed by atoms with E-state index in [9.17, 15) is 10.1 Å². The summed E-state index contributed by atoms with van der Waals surface area (Å²) < 4.78 is 7.93. The maximum absolute atomic E-state index is 13.4. The third kappa shape index (κ3) is 3.77. The Balaban J connectivity index is 1.70. The molecule has 0 amide bonds. The lowest BCUT2D eigenvalue weighted by Crippen LogP contribution is -2.33. The lowest BCUT2D eigenvalue weighted by molar-refractivity contribution is -0.119. The van der Waals surface area contributed by atoms with Gasteiger partial charge in [0.15, 0.2) is 5.78 Å². The van der Waals surface area contributed by atoms with Crippen LogP contribution in [0.1, 0.15) is 43.7 Å². The average molecular weight is 492 g/mol. The first-order valence-electron chi connectivity index (χ1n) is 11.0. The van der Waals surface area contributed by atoms with Gasteiger partial charge in [-0.25, -0.2) is 0 Å². The molecule has 0 spiro atoms. The molecule has 1 atom stereocenters. The van der Waals surface area contributed by atoms with Crippen LogP contribution in [-0.2, 0) is 16.1 Å². The van der Waals surface area contributed by atoms with Crippen molar-refractivity contribution >= 4 is 39.9 Å². The third-order valence-corrected chi connectivity index (χ3v) is 7.15. The van der Waals surface area contributed by atoms with Crippen molar-refractivity contribution < 1.29 is 9.53 Å². The highest BCUT2D eigenvalue weighted by molar-refractivity contribution is 6.35. The Morgan fingerprint density at radius 3 is 2.71 bits per heavy atom. The van der Waals surface area contributed by atoms with Gasteiger partial charge in [-0.3, -0.25) is 4.79 Å². The van der Waals surface area contributed by atoms with E-state index < -0.39 is 5.92 Å². The first-order valence-corrected chi connectivity index (χ1v) is 11.8. The largest absolute Gasteiger partial charge is 0.444 e. The Hall–Kier alpha value is -3.20. The molecule has 2 aliphatic rings. The normalized spacial score (nSPS) is 19.7. The van der Waals surface area contributed by atoms with Gasteiger partial charge in [-0.2, -0.15) is 5.26 Å². The highest BCUT2D eigenvalue weighted by Crippen LogP contribution is 2.49. The predicted molar refractivity (Wildman–Crippen MR) is 133 cm³/mol. The number of nitrogens with zero attached hydrogens (tertiary/aromatic N) is 2. The molecule has 1 unspecified atom stereocenters. The number of ketones is 1. The molecule has 1 aliphatic heterocycles. The predicted octanol–water partition coefficient (Wildman–Crippen LogP) is 6.45. The number of allylic oxidation sites excluding steroid dienone is 3. The number of halogens is 2. The van der Waals surface area contributed by atoms with Crippen LogP contribution in [0.5, 0.6) is 0 Å². The van der Waals surface area contributed by atoms with Crippen molar-refractivity contribution in [1.29, 1.82) is 5.26 Å². The van der Waals surface area contributed by atoms with Crippen LogP contribution in [0.25, 0.3) is 10.9 Å². The monoisotopic (exact) mass is 491 g/mol. The van der Waals surface area contributed by atoms with E-state index in [2.05, 4.69) is 10.6 Å². The van der Waals surface area contributed by atoms with Gasteiger partial charge >= 0.3 is 0 Å². The number of ether oxygens (including phenoxy) is 1. The highest BCUT2D eigenvalue weighted by atomic mass is 35.5. The van der Waals surface area contributed by atoms with Crippen molar-refractivity contribution in [1.82, 2.24) is 4.57 Å². The van der Waals surface area contributed by atoms with Gasteiger partial charge in [-0.05, 0) is 34.7 Å². The van der Waals surface area contributed by atoms with Gasteiger partial charge in [0.05, 0.1) is 5.92 Å². The second kappa shape index (κ2) is 8.23. The smallest absolute Gasteiger partial charge is 0.205 e. The van der Waals surface area contributed by atoms with Crippen LogP contribution in [0.2, 0.25) is 10.0 Å². The lowest BCUT2D eigenvalue weighted by atomic mass is 9.70. The number of para-hydroxylation sites is 1. The van der Waals surface area contributed by atoms with Gasteiger partial charge in [0.1, 0.15) is 17.4 Å². The number of benzene rings is 2. The number of nitriles is 1. The summed E-state index contributed by atoms with van der Waals surface area (Å²) in [4.78, 5) is 13.4. The van der Waals surface area contributed by atoms with Crippen molar-refractivity contribution in [3.05, 3.63) is 92.6 Å². The number of aromatic nitrogens is 1. The van der Waals surface area contributed by atoms with Crippen LogP contribution in [0.4, 0.5) is 0 Å². The molecule has 172 valence electrons. The first kappa shape index (κ1) is 22.6. The highest BCUT2D eigenvalue weighted by Gasteiger charge is 2.43. The van der Waals surface area contributed by atoms with E-state index in [0.717, 1.165) is 22.0 Å². The van der Waals surface area contributed by atoms with Gasteiger partial charge < -0.3 is 15.0 Å². The molecular weight excluding hydrogens is 469 g/mol. The van der Waals surface area contributed by atoms with Gasteiger partial charge in [0.25, 0.3) is 0 Å². The average Bonchev–Trinajstić information content (AvgIpc) is 3.12. The Bertz CT molecular complexity index is 1460. The zero-order valence-corrected chi connectivity index (χ0v) is 20.4. The molecule has 1 aromatic heterocycles. The maximum Gasteiger partial charge on any atom is 0.205 e. The minimum Gasteiger partial charge on any atom is -0.444 e. The fourth-order valence-electron chi connectivity index (χ4n) is 5.07. The van der Waals surface area contributed by atoms with E-state index in [1.165, 1.54) is 0 Å². The zero-order valence-electron chi connectivity index (χ0n) is 18.9. The summed E-state index contributed by atoms with van der Waals surface area (Å²) in [6.45, 7) is 4.58. The fourth-order valence-corrected chi connectivity index (χ4v) is 5.53. The second-order valence-electron chi connectivity index (χ2n) is 9.67. The van der Waals surface area contributed by atoms with Crippen LogP contribution >= 0.6 is 23.2 Å². The number of Topliss-reactive ketones (excluding diaryl/α,β-unsaturated/α-hetero) is 1. The molecule has 7 heteroatoms. The van der Waals surface area contributed by atoms with Crippen molar-refractivity contribution in [2.75, 3.05) is 0 Å². The number of nitrogens with two attached hydrogens (primary N) is 1. The van der Waals surface area contributed by atoms with Crippen molar-refractivity contribution in [2.45, 2.75) is 39.2 Å². The molecule has 0 saturated heterocycles. The Kier molecular flexibility index (Phi) is 5.47. The minimum absolute atomic E-state index is 0.00548. The number of hydrogen-bond donors (Lipinski definition) is 1. The SMILES string of the molecule is CC1(C)CC(=O)C2=C(C1)OC(N)=C(C#N)C2c1cn(Cc2ccc(Cl)cc2Cl)c2ccccc12. The summed E-state index contributed by atoms with van der Waals surface area (Å²) in [5.41, 5.74) is 9.52. The van der Waals surface area contributed by atoms with E-state index in [0.29, 0.717) is 40.8 Å². The molecule has 0 radical (unpaired) electrons. The van der Waals surface area contributed by atoms with Crippen molar-refractivity contribution in [3.63, 3.8) is 0 Å². The fraction of sp³-hybridized carbons (Fsp3) is 0.259. The third-order valence-electron chi connectivity index (χ3n) is 6.56. The molecule has 2 heterocycles. The first-order chi connectivity index (χ1) is 16.2. The lowest BCUT2D eigenvalue weighted by Gasteiger charge is -2.37. The molecule has 0 fully saturated rings. The Morgan fingerprint density at radius 1 is 1.21 bits per heavy atom. The van der Waals surface area contributed by atoms with E-state index >= 15 is 0 Å². The van der Waals surface area contributed by atoms with Gasteiger partial charge in [-0.1, -0.05) is 61.3 Å². The van der Waals surface area contributed by atoms with Gasteiger partial charge in [-0.15, -0.1) is 0 Å². The van der Waals surface area contributed by atoms with Gasteiger partial charge in [0, 0.05) is 52.1 Å². The van der Waals surface area contributed by atoms with Gasteiger partial charge in [0.2, 0.25) is 5.88 Å². The van der Waals surface area contributed by atoms with Crippen LogP contribution in [-0.4, -0.2) is 10.4 Å². The molecular formula is C27H23Cl2N3O2. The minimum atomic E-state index is -0.579. The standard InChI is InChI=1S/C27H23Cl2N3O2/c1-27(2)10-22(33)25-23(11-27)34-26(31)18(12-30)24(25)19-14-32(21-6-4-3-5-17(19)21)13-15-7-8-16(28)9-20(15)29/h3-9,14,24H,10-11,13,31H2,1-2H3. The molecule has 5 nitrogen and oxygen atoms in total. The topological polar surface area (TPSA) is 81.0 Å². The molecule has 1 aliphatic carbocycles. The summed E-state index contributed by atoms with van der Waals surface area (Å²) in [5, 5.41) is 12.1. The van der Waals surface area contributed by atoms with E-state index in [4.69, 9.17) is 33.7 Å². The Morgan fingerprint density at radius 2 is 1.97 bits per heavy atom. The molecule has 2 aromatic carbocycles. The summed E-state index contributed by atoms with van der Waals surface area (Å²) in [7, 11) is 0. The van der Waals surface area contributed by atoms with Crippen LogP contribution in [0.15, 0.2) is 71.4 Å². The number of carbonyl (C=O) groups excluding carboxylic acids is 1.